The number of ether oxygens (including phenoxy) is 1. The lowest BCUT2D eigenvalue weighted by Crippen LogP contribution is -2.50. The average Bonchev–Trinajstić information content (AvgIpc) is 2.95. The van der Waals surface area contributed by atoms with Crippen LogP contribution in [0.4, 0.5) is 8.78 Å². The Balaban J connectivity index is 2.45. The zero-order chi connectivity index (χ0) is 17.2. The Morgan fingerprint density at radius 1 is 1.22 bits per heavy atom. The molecule has 0 unspecified atom stereocenters. The van der Waals surface area contributed by atoms with E-state index in [-0.39, 0.29) is 11.3 Å². The number of esters is 1. The highest BCUT2D eigenvalue weighted by Crippen LogP contribution is 2.27. The third kappa shape index (κ3) is 3.23. The summed E-state index contributed by atoms with van der Waals surface area (Å²) in [4.78, 5) is 24.3. The van der Waals surface area contributed by atoms with Crippen molar-refractivity contribution in [3.8, 4) is 0 Å². The van der Waals surface area contributed by atoms with Crippen LogP contribution in [0.2, 0.25) is 0 Å². The highest BCUT2D eigenvalue weighted by Gasteiger charge is 2.41. The molecule has 23 heavy (non-hydrogen) atoms. The smallest absolute Gasteiger partial charge is 0.336 e. The minimum absolute atomic E-state index is 0.0607. The molecule has 1 atom stereocenters. The van der Waals surface area contributed by atoms with E-state index < -0.39 is 29.0 Å². The maximum Gasteiger partial charge on any atom is 0.336 e. The van der Waals surface area contributed by atoms with Gasteiger partial charge in [0.1, 0.15) is 17.4 Å². The molecule has 1 amide bonds. The fourth-order valence-electron chi connectivity index (χ4n) is 2.16. The molecule has 0 aliphatic carbocycles. The Labute approximate surface area is 131 Å². The molecular weight excluding hydrogens is 308 g/mol. The number of halogens is 2. The molecule has 2 rings (SSSR count). The van der Waals surface area contributed by atoms with Crippen molar-refractivity contribution < 1.29 is 27.5 Å². The summed E-state index contributed by atoms with van der Waals surface area (Å²) in [5, 5.41) is 2.34. The van der Waals surface area contributed by atoms with Crippen molar-refractivity contribution in [2.24, 2.45) is 0 Å². The highest BCUT2D eigenvalue weighted by atomic mass is 19.1. The lowest BCUT2D eigenvalue weighted by atomic mass is 9.91. The maximum absolute atomic E-state index is 14.1. The van der Waals surface area contributed by atoms with Crippen LogP contribution in [0.15, 0.2) is 34.7 Å². The lowest BCUT2D eigenvalue weighted by Gasteiger charge is -2.28. The van der Waals surface area contributed by atoms with E-state index in [1.807, 2.05) is 0 Å². The van der Waals surface area contributed by atoms with Crippen LogP contribution in [-0.2, 0) is 15.1 Å². The van der Waals surface area contributed by atoms with Gasteiger partial charge in [-0.05, 0) is 44.2 Å². The monoisotopic (exact) mass is 323 g/mol. The Hall–Kier alpha value is -2.70. The highest BCUT2D eigenvalue weighted by molar-refractivity contribution is 5.96. The molecule has 122 valence electrons. The summed E-state index contributed by atoms with van der Waals surface area (Å²) < 4.78 is 37.3. The van der Waals surface area contributed by atoms with E-state index in [0.29, 0.717) is 5.76 Å². The number of methoxy groups -OCH3 is 1. The van der Waals surface area contributed by atoms with E-state index in [2.05, 4.69) is 10.1 Å². The fourth-order valence-corrected chi connectivity index (χ4v) is 2.16. The predicted molar refractivity (Wildman–Crippen MR) is 76.6 cm³/mol. The summed E-state index contributed by atoms with van der Waals surface area (Å²) >= 11 is 0. The molecule has 1 N–H and O–H groups in total. The number of hydrogen-bond donors (Lipinski definition) is 1. The molecule has 5 nitrogen and oxygen atoms in total. The second kappa shape index (κ2) is 6.20. The maximum atomic E-state index is 14.1. The summed E-state index contributed by atoms with van der Waals surface area (Å²) in [6, 6.07) is 5.58. The van der Waals surface area contributed by atoms with E-state index in [0.717, 1.165) is 25.3 Å². The third-order valence-corrected chi connectivity index (χ3v) is 3.39. The van der Waals surface area contributed by atoms with Crippen LogP contribution < -0.4 is 5.32 Å². The number of rotatable bonds is 4. The molecule has 0 spiro atoms. The molecule has 1 aromatic heterocycles. The van der Waals surface area contributed by atoms with Gasteiger partial charge < -0.3 is 14.5 Å². The van der Waals surface area contributed by atoms with E-state index in [1.165, 1.54) is 13.0 Å². The van der Waals surface area contributed by atoms with Crippen molar-refractivity contribution in [3.63, 3.8) is 0 Å². The molecule has 0 radical (unpaired) electrons. The van der Waals surface area contributed by atoms with Gasteiger partial charge in [0.2, 0.25) is 0 Å². The number of amides is 1. The van der Waals surface area contributed by atoms with Crippen LogP contribution in [-0.4, -0.2) is 19.0 Å². The zero-order valence-corrected chi connectivity index (χ0v) is 12.8. The van der Waals surface area contributed by atoms with E-state index >= 15 is 0 Å². The number of benzene rings is 1. The Bertz CT molecular complexity index is 756. The Kier molecular flexibility index (Phi) is 4.49. The molecule has 0 fully saturated rings. The SMILES string of the molecule is COC(=O)[C@](C)(NC(=O)c1ccc(C)o1)c1cc(F)ccc1F. The van der Waals surface area contributed by atoms with Crippen LogP contribution in [0.5, 0.6) is 0 Å². The minimum atomic E-state index is -1.92. The van der Waals surface area contributed by atoms with E-state index in [1.54, 1.807) is 13.0 Å². The molecule has 0 aliphatic heterocycles. The van der Waals surface area contributed by atoms with Crippen LogP contribution >= 0.6 is 0 Å². The van der Waals surface area contributed by atoms with Gasteiger partial charge in [0.25, 0.3) is 5.91 Å². The summed E-state index contributed by atoms with van der Waals surface area (Å²) in [5.74, 6) is -2.87. The molecule has 0 aliphatic rings. The van der Waals surface area contributed by atoms with Gasteiger partial charge in [-0.25, -0.2) is 13.6 Å². The zero-order valence-electron chi connectivity index (χ0n) is 12.8. The molecular formula is C16H15F2NO4. The normalized spacial score (nSPS) is 13.3. The third-order valence-electron chi connectivity index (χ3n) is 3.39. The quantitative estimate of drug-likeness (QED) is 0.879. The molecule has 0 saturated carbocycles. The van der Waals surface area contributed by atoms with Crippen LogP contribution in [0, 0.1) is 18.6 Å². The van der Waals surface area contributed by atoms with Crippen molar-refractivity contribution in [2.45, 2.75) is 19.4 Å². The average molecular weight is 323 g/mol. The van der Waals surface area contributed by atoms with Crippen LogP contribution in [0.25, 0.3) is 0 Å². The van der Waals surface area contributed by atoms with Crippen molar-refractivity contribution in [1.29, 1.82) is 0 Å². The van der Waals surface area contributed by atoms with E-state index in [9.17, 15) is 18.4 Å². The molecule has 7 heteroatoms. The molecule has 0 saturated heterocycles. The van der Waals surface area contributed by atoms with Crippen molar-refractivity contribution in [2.75, 3.05) is 7.11 Å². The van der Waals surface area contributed by atoms with Gasteiger partial charge >= 0.3 is 5.97 Å². The number of carbonyl (C=O) groups excluding carboxylic acids is 2. The topological polar surface area (TPSA) is 68.5 Å². The summed E-state index contributed by atoms with van der Waals surface area (Å²) in [5.41, 5.74) is -2.26. The van der Waals surface area contributed by atoms with Crippen molar-refractivity contribution >= 4 is 11.9 Å². The van der Waals surface area contributed by atoms with Gasteiger partial charge in [0.15, 0.2) is 11.3 Å². The Morgan fingerprint density at radius 2 is 1.91 bits per heavy atom. The first kappa shape index (κ1) is 16.7. The second-order valence-corrected chi connectivity index (χ2v) is 5.11. The number of aryl methyl sites for hydroxylation is 1. The first-order chi connectivity index (χ1) is 10.8. The van der Waals surface area contributed by atoms with Gasteiger partial charge in [-0.2, -0.15) is 0 Å². The van der Waals surface area contributed by atoms with Gasteiger partial charge in [-0.3, -0.25) is 4.79 Å². The van der Waals surface area contributed by atoms with Gasteiger partial charge in [0, 0.05) is 5.56 Å². The summed E-state index contributed by atoms with van der Waals surface area (Å²) in [6.07, 6.45) is 0. The van der Waals surface area contributed by atoms with Gasteiger partial charge in [-0.1, -0.05) is 0 Å². The molecule has 2 aromatic rings. The van der Waals surface area contributed by atoms with Crippen LogP contribution in [0.3, 0.4) is 0 Å². The number of hydrogen-bond acceptors (Lipinski definition) is 4. The molecule has 1 heterocycles. The standard InChI is InChI=1S/C16H15F2NO4/c1-9-4-7-13(23-9)14(20)19-16(2,15(21)22-3)11-8-10(17)5-6-12(11)18/h4-8H,1-3H3,(H,19,20)/t16-/m1/s1. The van der Waals surface area contributed by atoms with E-state index in [4.69, 9.17) is 4.42 Å². The second-order valence-electron chi connectivity index (χ2n) is 5.11. The number of nitrogens with one attached hydrogen (secondary N) is 1. The first-order valence-electron chi connectivity index (χ1n) is 6.71. The van der Waals surface area contributed by atoms with Gasteiger partial charge in [-0.15, -0.1) is 0 Å². The summed E-state index contributed by atoms with van der Waals surface area (Å²) in [6.45, 7) is 2.87. The fraction of sp³-hybridized carbons (Fsp3) is 0.250. The van der Waals surface area contributed by atoms with Crippen molar-refractivity contribution in [3.05, 3.63) is 59.1 Å². The number of furan rings is 1. The van der Waals surface area contributed by atoms with Gasteiger partial charge in [0.05, 0.1) is 7.11 Å². The molecule has 1 aromatic carbocycles. The Morgan fingerprint density at radius 3 is 2.48 bits per heavy atom. The van der Waals surface area contributed by atoms with Crippen LogP contribution in [0.1, 0.15) is 28.8 Å². The number of carbonyl (C=O) groups is 2. The van der Waals surface area contributed by atoms with Crippen molar-refractivity contribution in [1.82, 2.24) is 5.32 Å². The predicted octanol–water partition coefficient (Wildman–Crippen LogP) is 2.68. The summed E-state index contributed by atoms with van der Waals surface area (Å²) in [7, 11) is 1.08. The molecule has 0 bridgehead atoms. The minimum Gasteiger partial charge on any atom is -0.467 e. The first-order valence-corrected chi connectivity index (χ1v) is 6.71. The lowest BCUT2D eigenvalue weighted by molar-refractivity contribution is -0.148. The largest absolute Gasteiger partial charge is 0.467 e.